The number of likely N-dealkylation sites (tertiary alicyclic amines) is 1. The van der Waals surface area contributed by atoms with Crippen molar-refractivity contribution < 1.29 is 33.4 Å². The summed E-state index contributed by atoms with van der Waals surface area (Å²) in [6.45, 7) is 3.17. The molecule has 36 heavy (non-hydrogen) atoms. The molecule has 0 unspecified atom stereocenters. The van der Waals surface area contributed by atoms with E-state index in [1.807, 2.05) is 0 Å². The highest BCUT2D eigenvalue weighted by molar-refractivity contribution is 8.18. The predicted octanol–water partition coefficient (Wildman–Crippen LogP) is 3.97. The zero-order chi connectivity index (χ0) is 25.7. The fraction of sp³-hybridized carbons (Fsp3) is 0.308. The van der Waals surface area contributed by atoms with Crippen molar-refractivity contribution in [2.24, 2.45) is 0 Å². The van der Waals surface area contributed by atoms with E-state index in [0.717, 1.165) is 29.5 Å². The minimum atomic E-state index is -0.560. The van der Waals surface area contributed by atoms with E-state index in [4.69, 9.17) is 14.2 Å². The summed E-state index contributed by atoms with van der Waals surface area (Å²) in [4.78, 5) is 53.1. The first-order chi connectivity index (χ1) is 17.4. The van der Waals surface area contributed by atoms with Crippen molar-refractivity contribution in [2.45, 2.75) is 19.8 Å². The van der Waals surface area contributed by atoms with E-state index in [-0.39, 0.29) is 23.1 Å². The van der Waals surface area contributed by atoms with Crippen molar-refractivity contribution in [1.29, 1.82) is 0 Å². The number of amides is 3. The van der Waals surface area contributed by atoms with Gasteiger partial charge in [0.1, 0.15) is 12.3 Å². The predicted molar refractivity (Wildman–Crippen MR) is 134 cm³/mol. The van der Waals surface area contributed by atoms with Crippen LogP contribution < -0.4 is 14.2 Å². The number of imide groups is 1. The molecule has 0 aliphatic carbocycles. The highest BCUT2D eigenvalue weighted by Crippen LogP contribution is 2.35. The maximum absolute atomic E-state index is 12.8. The van der Waals surface area contributed by atoms with Crippen molar-refractivity contribution in [1.82, 2.24) is 9.80 Å². The van der Waals surface area contributed by atoms with Crippen LogP contribution in [0.2, 0.25) is 0 Å². The number of thioether (sulfide) groups is 1. The molecule has 2 aliphatic rings. The number of ether oxygens (including phenoxy) is 3. The van der Waals surface area contributed by atoms with Crippen molar-refractivity contribution in [3.05, 3.63) is 58.5 Å². The first kappa shape index (κ1) is 25.3. The Balaban J connectivity index is 1.49. The fourth-order valence-corrected chi connectivity index (χ4v) is 4.68. The first-order valence-corrected chi connectivity index (χ1v) is 12.4. The molecule has 0 aromatic heterocycles. The third kappa shape index (κ3) is 5.71. The molecule has 0 spiro atoms. The third-order valence-electron chi connectivity index (χ3n) is 5.72. The smallest absolute Gasteiger partial charge is 0.343 e. The van der Waals surface area contributed by atoms with Crippen LogP contribution >= 0.6 is 11.8 Å². The number of rotatable bonds is 8. The molecule has 0 bridgehead atoms. The molecule has 0 saturated carbocycles. The molecular formula is C26H26N2O7S. The van der Waals surface area contributed by atoms with E-state index in [2.05, 4.69) is 0 Å². The summed E-state index contributed by atoms with van der Waals surface area (Å²) >= 11 is 0.787. The van der Waals surface area contributed by atoms with Gasteiger partial charge in [-0.2, -0.15) is 0 Å². The van der Waals surface area contributed by atoms with E-state index in [0.29, 0.717) is 42.3 Å². The molecule has 9 nitrogen and oxygen atoms in total. The zero-order valence-corrected chi connectivity index (χ0v) is 20.8. The maximum atomic E-state index is 12.8. The van der Waals surface area contributed by atoms with Crippen LogP contribution in [0.3, 0.4) is 0 Å². The molecular weight excluding hydrogens is 484 g/mol. The van der Waals surface area contributed by atoms with Crippen molar-refractivity contribution in [3.63, 3.8) is 0 Å². The monoisotopic (exact) mass is 510 g/mol. The van der Waals surface area contributed by atoms with Gasteiger partial charge in [-0.25, -0.2) is 4.79 Å². The van der Waals surface area contributed by atoms with Crippen molar-refractivity contribution in [3.8, 4) is 17.2 Å². The normalized spacial score (nSPS) is 16.6. The van der Waals surface area contributed by atoms with E-state index in [1.54, 1.807) is 60.4 Å². The highest BCUT2D eigenvalue weighted by atomic mass is 32.2. The molecule has 2 aromatic carbocycles. The average molecular weight is 511 g/mol. The first-order valence-electron chi connectivity index (χ1n) is 11.6. The van der Waals surface area contributed by atoms with Crippen LogP contribution in [0, 0.1) is 0 Å². The lowest BCUT2D eigenvalue weighted by Crippen LogP contribution is -2.40. The Labute approximate surface area is 213 Å². The molecule has 0 N–H and O–H groups in total. The summed E-state index contributed by atoms with van der Waals surface area (Å²) in [6.07, 6.45) is 3.42. The number of hydrogen-bond donors (Lipinski definition) is 0. The lowest BCUT2D eigenvalue weighted by molar-refractivity contribution is -0.135. The quantitative estimate of drug-likeness (QED) is 0.299. The lowest BCUT2D eigenvalue weighted by atomic mass is 10.1. The molecule has 10 heteroatoms. The van der Waals surface area contributed by atoms with Crippen molar-refractivity contribution >= 4 is 40.9 Å². The SMILES string of the molecule is CCOc1cc(/C=C2\SC(=O)N(CC(=O)N3CCCC3)C2=O)ccc1OC(=O)c1ccc(OC)cc1. The van der Waals surface area contributed by atoms with Crippen LogP contribution in [-0.2, 0) is 9.59 Å². The van der Waals surface area contributed by atoms with Gasteiger partial charge in [0.15, 0.2) is 11.5 Å². The number of esters is 1. The molecule has 0 radical (unpaired) electrons. The van der Waals surface area contributed by atoms with E-state index in [9.17, 15) is 19.2 Å². The Morgan fingerprint density at radius 1 is 1.03 bits per heavy atom. The van der Waals surface area contributed by atoms with Crippen molar-refractivity contribution in [2.75, 3.05) is 33.4 Å². The Hall–Kier alpha value is -3.79. The summed E-state index contributed by atoms with van der Waals surface area (Å²) in [6, 6.07) is 11.4. The van der Waals surface area contributed by atoms with Crippen LogP contribution in [0.15, 0.2) is 47.4 Å². The summed E-state index contributed by atoms with van der Waals surface area (Å²) in [5, 5.41) is -0.478. The number of methoxy groups -OCH3 is 1. The molecule has 2 saturated heterocycles. The minimum Gasteiger partial charge on any atom is -0.497 e. The van der Waals surface area contributed by atoms with Crippen LogP contribution in [0.25, 0.3) is 6.08 Å². The number of carbonyl (C=O) groups excluding carboxylic acids is 4. The molecule has 4 rings (SSSR count). The number of carbonyl (C=O) groups is 4. The van der Waals surface area contributed by atoms with E-state index < -0.39 is 17.1 Å². The number of benzene rings is 2. The van der Waals surface area contributed by atoms with Crippen LogP contribution in [0.1, 0.15) is 35.7 Å². The summed E-state index contributed by atoms with van der Waals surface area (Å²) < 4.78 is 16.3. The third-order valence-corrected chi connectivity index (χ3v) is 6.63. The van der Waals surface area contributed by atoms with Crippen LogP contribution in [0.5, 0.6) is 17.2 Å². The molecule has 2 fully saturated rings. The molecule has 0 atom stereocenters. The van der Waals surface area contributed by atoms with Gasteiger partial charge < -0.3 is 19.1 Å². The van der Waals surface area contributed by atoms with Gasteiger partial charge in [0.05, 0.1) is 24.2 Å². The van der Waals surface area contributed by atoms with E-state index >= 15 is 0 Å². The Morgan fingerprint density at radius 3 is 2.42 bits per heavy atom. The Bertz CT molecular complexity index is 1200. The van der Waals surface area contributed by atoms with Gasteiger partial charge in [-0.1, -0.05) is 6.07 Å². The molecule has 188 valence electrons. The van der Waals surface area contributed by atoms with Gasteiger partial charge in [0.25, 0.3) is 11.1 Å². The van der Waals surface area contributed by atoms with Gasteiger partial charge in [-0.05, 0) is 79.6 Å². The van der Waals surface area contributed by atoms with Crippen LogP contribution in [-0.4, -0.2) is 66.2 Å². The zero-order valence-electron chi connectivity index (χ0n) is 20.0. The maximum Gasteiger partial charge on any atom is 0.343 e. The minimum absolute atomic E-state index is 0.208. The topological polar surface area (TPSA) is 102 Å². The van der Waals surface area contributed by atoms with Crippen LogP contribution in [0.4, 0.5) is 4.79 Å². The Morgan fingerprint density at radius 2 is 1.75 bits per heavy atom. The average Bonchev–Trinajstić information content (AvgIpc) is 3.51. The Kier molecular flexibility index (Phi) is 7.94. The molecule has 2 aromatic rings. The second kappa shape index (κ2) is 11.3. The largest absolute Gasteiger partial charge is 0.497 e. The summed E-state index contributed by atoms with van der Waals surface area (Å²) in [7, 11) is 1.54. The van der Waals surface area contributed by atoms with E-state index in [1.165, 1.54) is 7.11 Å². The molecule has 2 heterocycles. The molecule has 3 amide bonds. The summed E-state index contributed by atoms with van der Waals surface area (Å²) in [5.41, 5.74) is 0.929. The second-order valence-electron chi connectivity index (χ2n) is 8.11. The molecule has 2 aliphatic heterocycles. The van der Waals surface area contributed by atoms with Gasteiger partial charge in [-0.3, -0.25) is 19.3 Å². The second-order valence-corrected chi connectivity index (χ2v) is 9.11. The van der Waals surface area contributed by atoms with Gasteiger partial charge >= 0.3 is 5.97 Å². The summed E-state index contributed by atoms with van der Waals surface area (Å²) in [5.74, 6) is -0.134. The van der Waals surface area contributed by atoms with Gasteiger partial charge in [-0.15, -0.1) is 0 Å². The fourth-order valence-electron chi connectivity index (χ4n) is 3.84. The number of nitrogens with zero attached hydrogens (tertiary/aromatic N) is 2. The van der Waals surface area contributed by atoms with Gasteiger partial charge in [0, 0.05) is 13.1 Å². The highest BCUT2D eigenvalue weighted by Gasteiger charge is 2.37. The number of hydrogen-bond acceptors (Lipinski definition) is 8. The lowest BCUT2D eigenvalue weighted by Gasteiger charge is -2.18. The van der Waals surface area contributed by atoms with Gasteiger partial charge in [0.2, 0.25) is 5.91 Å². The standard InChI is InChI=1S/C26H26N2O7S/c1-3-34-21-14-17(6-11-20(21)35-25(31)18-7-9-19(33-2)10-8-18)15-22-24(30)28(26(32)36-22)16-23(29)27-12-4-5-13-27/h6-11,14-15H,3-5,12-13,16H2,1-2H3/b22-15-.